The minimum atomic E-state index is -0.589. The SMILES string of the molecule is O=C1CC(NC(=O)c2c(F)cccc2Br)CN1. The first-order chi connectivity index (χ1) is 8.08. The first kappa shape index (κ1) is 12.0. The van der Waals surface area contributed by atoms with Crippen LogP contribution in [0.1, 0.15) is 16.8 Å². The molecule has 2 amide bonds. The van der Waals surface area contributed by atoms with Crippen molar-refractivity contribution in [3.05, 3.63) is 34.1 Å². The fourth-order valence-electron chi connectivity index (χ4n) is 1.68. The van der Waals surface area contributed by atoms with Crippen molar-refractivity contribution >= 4 is 27.7 Å². The van der Waals surface area contributed by atoms with E-state index in [0.717, 1.165) is 0 Å². The Kier molecular flexibility index (Phi) is 3.42. The summed E-state index contributed by atoms with van der Waals surface area (Å²) in [5.74, 6) is -1.21. The molecule has 1 heterocycles. The highest BCUT2D eigenvalue weighted by Crippen LogP contribution is 2.19. The van der Waals surface area contributed by atoms with Crippen molar-refractivity contribution in [2.24, 2.45) is 0 Å². The second-order valence-corrected chi connectivity index (χ2v) is 4.63. The Morgan fingerprint density at radius 2 is 2.29 bits per heavy atom. The Hall–Kier alpha value is -1.43. The number of benzene rings is 1. The summed E-state index contributed by atoms with van der Waals surface area (Å²) in [6, 6.07) is 4.05. The molecule has 1 aliphatic heterocycles. The molecule has 2 rings (SSSR count). The topological polar surface area (TPSA) is 58.2 Å². The lowest BCUT2D eigenvalue weighted by atomic mass is 10.1. The zero-order valence-electron chi connectivity index (χ0n) is 8.80. The highest BCUT2D eigenvalue weighted by molar-refractivity contribution is 9.10. The van der Waals surface area contributed by atoms with Gasteiger partial charge in [0.15, 0.2) is 0 Å². The number of amides is 2. The molecule has 1 unspecified atom stereocenters. The molecule has 0 spiro atoms. The summed E-state index contributed by atoms with van der Waals surface area (Å²) in [6.45, 7) is 0.386. The number of carbonyl (C=O) groups excluding carboxylic acids is 2. The van der Waals surface area contributed by atoms with Crippen molar-refractivity contribution in [1.82, 2.24) is 10.6 Å². The lowest BCUT2D eigenvalue weighted by molar-refractivity contribution is -0.119. The molecule has 0 aliphatic carbocycles. The number of carbonyl (C=O) groups is 2. The van der Waals surface area contributed by atoms with Crippen molar-refractivity contribution < 1.29 is 14.0 Å². The van der Waals surface area contributed by atoms with Crippen LogP contribution in [0.5, 0.6) is 0 Å². The second-order valence-electron chi connectivity index (χ2n) is 3.78. The van der Waals surface area contributed by atoms with Gasteiger partial charge in [-0.15, -0.1) is 0 Å². The molecular weight excluding hydrogens is 291 g/mol. The summed E-state index contributed by atoms with van der Waals surface area (Å²) in [5, 5.41) is 5.21. The predicted octanol–water partition coefficient (Wildman–Crippen LogP) is 1.21. The molecule has 0 radical (unpaired) electrons. The van der Waals surface area contributed by atoms with E-state index in [-0.39, 0.29) is 23.9 Å². The number of hydrogen-bond acceptors (Lipinski definition) is 2. The van der Waals surface area contributed by atoms with E-state index in [1.165, 1.54) is 12.1 Å². The van der Waals surface area contributed by atoms with E-state index in [9.17, 15) is 14.0 Å². The fourth-order valence-corrected chi connectivity index (χ4v) is 2.20. The van der Waals surface area contributed by atoms with E-state index < -0.39 is 11.7 Å². The quantitative estimate of drug-likeness (QED) is 0.862. The summed E-state index contributed by atoms with van der Waals surface area (Å²) in [7, 11) is 0. The Bertz CT molecular complexity index is 458. The summed E-state index contributed by atoms with van der Waals surface area (Å²) in [6.07, 6.45) is 0.234. The molecule has 0 bridgehead atoms. The molecule has 1 aromatic rings. The Morgan fingerprint density at radius 3 is 2.88 bits per heavy atom. The van der Waals surface area contributed by atoms with Gasteiger partial charge < -0.3 is 10.6 Å². The molecule has 1 atom stereocenters. The molecule has 0 aromatic heterocycles. The average Bonchev–Trinajstić information content (AvgIpc) is 2.63. The lowest BCUT2D eigenvalue weighted by Crippen LogP contribution is -2.36. The molecule has 1 fully saturated rings. The maximum atomic E-state index is 13.5. The van der Waals surface area contributed by atoms with E-state index in [0.29, 0.717) is 11.0 Å². The molecule has 90 valence electrons. The van der Waals surface area contributed by atoms with E-state index in [1.807, 2.05) is 0 Å². The van der Waals surface area contributed by atoms with Crippen molar-refractivity contribution in [1.29, 1.82) is 0 Å². The van der Waals surface area contributed by atoms with Crippen LogP contribution in [-0.4, -0.2) is 24.4 Å². The maximum absolute atomic E-state index is 13.5. The standard InChI is InChI=1S/C11H10BrFN2O2/c12-7-2-1-3-8(13)10(7)11(17)15-6-4-9(16)14-5-6/h1-3,6H,4-5H2,(H,14,16)(H,15,17). The predicted molar refractivity (Wildman–Crippen MR) is 63.0 cm³/mol. The summed E-state index contributed by atoms with van der Waals surface area (Å²) >= 11 is 3.13. The third-order valence-electron chi connectivity index (χ3n) is 2.50. The van der Waals surface area contributed by atoms with Crippen LogP contribution in [-0.2, 0) is 4.79 Å². The lowest BCUT2D eigenvalue weighted by Gasteiger charge is -2.11. The van der Waals surface area contributed by atoms with Gasteiger partial charge in [0.2, 0.25) is 5.91 Å². The number of hydrogen-bond donors (Lipinski definition) is 2. The van der Waals surface area contributed by atoms with Crippen LogP contribution in [0.4, 0.5) is 4.39 Å². The number of nitrogens with one attached hydrogen (secondary N) is 2. The summed E-state index contributed by atoms with van der Waals surface area (Å²) in [5.41, 5.74) is -0.0353. The average molecular weight is 301 g/mol. The van der Waals surface area contributed by atoms with Gasteiger partial charge in [0.05, 0.1) is 11.6 Å². The highest BCUT2D eigenvalue weighted by Gasteiger charge is 2.25. The molecule has 1 aromatic carbocycles. The Morgan fingerprint density at radius 1 is 1.53 bits per heavy atom. The van der Waals surface area contributed by atoms with Gasteiger partial charge >= 0.3 is 0 Å². The zero-order chi connectivity index (χ0) is 12.4. The van der Waals surface area contributed by atoms with Gasteiger partial charge in [0, 0.05) is 17.4 Å². The van der Waals surface area contributed by atoms with Crippen molar-refractivity contribution in [3.63, 3.8) is 0 Å². The normalized spacial score (nSPS) is 18.9. The van der Waals surface area contributed by atoms with Crippen LogP contribution < -0.4 is 10.6 Å². The van der Waals surface area contributed by atoms with Gasteiger partial charge in [-0.2, -0.15) is 0 Å². The number of rotatable bonds is 2. The minimum absolute atomic E-state index is 0.0353. The smallest absolute Gasteiger partial charge is 0.255 e. The van der Waals surface area contributed by atoms with Gasteiger partial charge in [0.25, 0.3) is 5.91 Å². The third-order valence-corrected chi connectivity index (χ3v) is 3.16. The highest BCUT2D eigenvalue weighted by atomic mass is 79.9. The fraction of sp³-hybridized carbons (Fsp3) is 0.273. The van der Waals surface area contributed by atoms with E-state index in [2.05, 4.69) is 26.6 Å². The van der Waals surface area contributed by atoms with Crippen LogP contribution in [0.3, 0.4) is 0 Å². The second kappa shape index (κ2) is 4.83. The Labute approximate surface area is 106 Å². The van der Waals surface area contributed by atoms with Crippen LogP contribution in [0.15, 0.2) is 22.7 Å². The summed E-state index contributed by atoms with van der Waals surface area (Å²) in [4.78, 5) is 22.8. The monoisotopic (exact) mass is 300 g/mol. The molecular formula is C11H10BrFN2O2. The van der Waals surface area contributed by atoms with Crippen LogP contribution in [0, 0.1) is 5.82 Å². The van der Waals surface area contributed by atoms with E-state index in [1.54, 1.807) is 6.07 Å². The molecule has 2 N–H and O–H groups in total. The molecule has 6 heteroatoms. The van der Waals surface area contributed by atoms with Crippen molar-refractivity contribution in [2.45, 2.75) is 12.5 Å². The first-order valence-electron chi connectivity index (χ1n) is 5.09. The molecule has 1 saturated heterocycles. The maximum Gasteiger partial charge on any atom is 0.255 e. The van der Waals surface area contributed by atoms with Crippen LogP contribution in [0.2, 0.25) is 0 Å². The molecule has 17 heavy (non-hydrogen) atoms. The van der Waals surface area contributed by atoms with Crippen LogP contribution >= 0.6 is 15.9 Å². The summed E-state index contributed by atoms with van der Waals surface area (Å²) < 4.78 is 13.9. The number of halogens is 2. The van der Waals surface area contributed by atoms with E-state index >= 15 is 0 Å². The van der Waals surface area contributed by atoms with Crippen molar-refractivity contribution in [3.8, 4) is 0 Å². The van der Waals surface area contributed by atoms with Gasteiger partial charge in [-0.25, -0.2) is 4.39 Å². The van der Waals surface area contributed by atoms with Gasteiger partial charge in [0.1, 0.15) is 5.82 Å². The van der Waals surface area contributed by atoms with Gasteiger partial charge in [-0.1, -0.05) is 6.07 Å². The largest absolute Gasteiger partial charge is 0.354 e. The van der Waals surface area contributed by atoms with Crippen LogP contribution in [0.25, 0.3) is 0 Å². The zero-order valence-corrected chi connectivity index (χ0v) is 10.4. The van der Waals surface area contributed by atoms with Gasteiger partial charge in [-0.3, -0.25) is 9.59 Å². The molecule has 1 aliphatic rings. The molecule has 0 saturated carbocycles. The Balaban J connectivity index is 2.12. The third kappa shape index (κ3) is 2.63. The van der Waals surface area contributed by atoms with Crippen molar-refractivity contribution in [2.75, 3.05) is 6.54 Å². The van der Waals surface area contributed by atoms with E-state index in [4.69, 9.17) is 0 Å². The first-order valence-corrected chi connectivity index (χ1v) is 5.89. The molecule has 4 nitrogen and oxygen atoms in total. The minimum Gasteiger partial charge on any atom is -0.354 e. The van der Waals surface area contributed by atoms with Gasteiger partial charge in [-0.05, 0) is 28.1 Å².